The van der Waals surface area contributed by atoms with E-state index in [4.69, 9.17) is 4.42 Å². The fourth-order valence-electron chi connectivity index (χ4n) is 13.6. The SMILES string of the molecule is Cc1cc2c3c(c1)N(c1cccc4c1[SiH](C)c1ccccc1-4)c1c(oc4cc5c(cc14)C(C)(C)CCC5(C)I)B3c1cc3c(cc1N2C1=CCC(C(C)(C)C)C=C1)C(C)(C)CC3(C)C. The molecular formula is C58H62BIN2OSi. The molecule has 0 saturated carbocycles. The Balaban J connectivity index is 1.20. The smallest absolute Gasteiger partial charge is 0.297 e. The number of alkyl halides is 1. The number of nitrogens with zero attached hydrogens (tertiary/aromatic N) is 2. The van der Waals surface area contributed by atoms with Crippen molar-refractivity contribution in [3.63, 3.8) is 0 Å². The van der Waals surface area contributed by atoms with Crippen LogP contribution < -0.4 is 36.8 Å². The summed E-state index contributed by atoms with van der Waals surface area (Å²) in [6.45, 7) is 29.2. The fraction of sp³-hybridized carbons (Fsp3) is 0.379. The number of hydrogen-bond donors (Lipinski definition) is 0. The lowest BCUT2D eigenvalue weighted by Crippen LogP contribution is -2.61. The van der Waals surface area contributed by atoms with Gasteiger partial charge in [-0.3, -0.25) is 0 Å². The molecule has 0 radical (unpaired) electrons. The normalized spacial score (nSPS) is 23.8. The van der Waals surface area contributed by atoms with E-state index in [1.54, 1.807) is 5.19 Å². The summed E-state index contributed by atoms with van der Waals surface area (Å²) in [5.41, 5.74) is 22.9. The number of furan rings is 1. The molecule has 0 saturated heterocycles. The zero-order valence-corrected chi connectivity index (χ0v) is 43.3. The number of anilines is 5. The third-order valence-corrected chi connectivity index (χ3v) is 20.9. The van der Waals surface area contributed by atoms with E-state index in [0.29, 0.717) is 5.92 Å². The van der Waals surface area contributed by atoms with Crippen molar-refractivity contribution in [2.45, 2.75) is 128 Å². The standard InChI is InChI=1S/C58H62BIN2OSi/c1-33-26-46-50-47(27-33)62(44-18-15-17-37-36-16-13-14-19-49(36)64(12)52(37)44)51-38-28-39-42(58(11,60)25-24-55(39,5)6)31-48(38)63-53(51)59(50)43-29-40-41(57(9,10)32-56(40,7)8)30-45(43)61(46)35-22-20-34(21-23-35)54(2,3)4/h13-20,22-23,26-31,34,64H,21,24-25,32H2,1-12H3. The largest absolute Gasteiger partial charge is 0.468 e. The van der Waals surface area contributed by atoms with E-state index in [1.165, 1.54) is 94.6 Å². The molecule has 3 atom stereocenters. The van der Waals surface area contributed by atoms with Crippen molar-refractivity contribution in [3.8, 4) is 11.1 Å². The second-order valence-corrected chi connectivity index (χ2v) is 28.8. The summed E-state index contributed by atoms with van der Waals surface area (Å²) in [5.74, 6) is 0.490. The van der Waals surface area contributed by atoms with Gasteiger partial charge in [-0.1, -0.05) is 151 Å². The van der Waals surface area contributed by atoms with Crippen LogP contribution in [0.3, 0.4) is 0 Å². The highest BCUT2D eigenvalue weighted by Gasteiger charge is 2.51. The summed E-state index contributed by atoms with van der Waals surface area (Å²) in [4.78, 5) is 5.36. The van der Waals surface area contributed by atoms with Gasteiger partial charge in [0.15, 0.2) is 0 Å². The number of rotatable bonds is 2. The molecule has 4 heterocycles. The van der Waals surface area contributed by atoms with Crippen molar-refractivity contribution in [3.05, 3.63) is 131 Å². The van der Waals surface area contributed by atoms with E-state index in [0.717, 1.165) is 36.9 Å². The average Bonchev–Trinajstić information content (AvgIpc) is 3.81. The lowest BCUT2D eigenvalue weighted by Gasteiger charge is -2.44. The number of aryl methyl sites for hydroxylation is 1. The summed E-state index contributed by atoms with van der Waals surface area (Å²) in [6.07, 6.45) is 11.9. The predicted octanol–water partition coefficient (Wildman–Crippen LogP) is 12.6. The second-order valence-electron chi connectivity index (χ2n) is 23.8. The Bertz CT molecular complexity index is 3120. The molecule has 0 fully saturated rings. The van der Waals surface area contributed by atoms with Gasteiger partial charge < -0.3 is 14.2 Å². The third kappa shape index (κ3) is 5.63. The Labute approximate surface area is 397 Å². The van der Waals surface area contributed by atoms with E-state index >= 15 is 0 Å². The average molecular weight is 969 g/mol. The first-order valence-corrected chi connectivity index (χ1v) is 27.4. The number of hydrogen-bond acceptors (Lipinski definition) is 3. The number of benzene rings is 5. The van der Waals surface area contributed by atoms with Gasteiger partial charge in [-0.2, -0.15) is 0 Å². The van der Waals surface area contributed by atoms with Crippen molar-refractivity contribution in [2.24, 2.45) is 11.3 Å². The number of halogens is 1. The minimum atomic E-state index is -1.57. The quantitative estimate of drug-likeness (QED) is 0.0978. The number of fused-ring (bicyclic) bond motifs is 11. The molecule has 3 nitrogen and oxygen atoms in total. The van der Waals surface area contributed by atoms with Crippen LogP contribution in [0.1, 0.15) is 123 Å². The van der Waals surface area contributed by atoms with Crippen molar-refractivity contribution in [1.29, 1.82) is 0 Å². The van der Waals surface area contributed by atoms with Crippen LogP contribution in [-0.2, 0) is 19.7 Å². The molecule has 6 aliphatic rings. The van der Waals surface area contributed by atoms with Gasteiger partial charge in [0, 0.05) is 37.3 Å². The lowest BCUT2D eigenvalue weighted by atomic mass is 9.35. The third-order valence-electron chi connectivity index (χ3n) is 16.9. The minimum absolute atomic E-state index is 0.0359. The highest BCUT2D eigenvalue weighted by atomic mass is 127. The highest BCUT2D eigenvalue weighted by molar-refractivity contribution is 14.1. The molecule has 1 aromatic heterocycles. The first-order chi connectivity index (χ1) is 30.2. The monoisotopic (exact) mass is 968 g/mol. The van der Waals surface area contributed by atoms with Crippen molar-refractivity contribution >= 4 is 104 Å². The van der Waals surface area contributed by atoms with Crippen molar-refractivity contribution in [2.75, 3.05) is 9.80 Å². The van der Waals surface area contributed by atoms with Crippen LogP contribution in [0.15, 0.2) is 107 Å². The minimum Gasteiger partial charge on any atom is -0.468 e. The molecule has 0 N–H and O–H groups in total. The maximum absolute atomic E-state index is 7.68. The van der Waals surface area contributed by atoms with Gasteiger partial charge in [0.1, 0.15) is 14.4 Å². The zero-order chi connectivity index (χ0) is 44.8. The molecule has 0 bridgehead atoms. The molecule has 3 aliphatic carbocycles. The molecule has 12 rings (SSSR count). The van der Waals surface area contributed by atoms with E-state index in [-0.39, 0.29) is 31.8 Å². The summed E-state index contributed by atoms with van der Waals surface area (Å²) in [7, 11) is -1.57. The van der Waals surface area contributed by atoms with Gasteiger partial charge in [-0.05, 0) is 165 Å². The first kappa shape index (κ1) is 41.2. The van der Waals surface area contributed by atoms with Gasteiger partial charge in [-0.15, -0.1) is 0 Å². The molecule has 324 valence electrons. The van der Waals surface area contributed by atoms with Crippen LogP contribution in [-0.4, -0.2) is 15.5 Å². The topological polar surface area (TPSA) is 19.6 Å². The molecule has 5 aromatic carbocycles. The molecule has 0 amide bonds. The molecular weight excluding hydrogens is 906 g/mol. The van der Waals surface area contributed by atoms with Crippen molar-refractivity contribution in [1.82, 2.24) is 0 Å². The van der Waals surface area contributed by atoms with Crippen molar-refractivity contribution < 1.29 is 4.42 Å². The van der Waals surface area contributed by atoms with E-state index in [9.17, 15) is 0 Å². The lowest BCUT2D eigenvalue weighted by molar-refractivity contribution is 0.293. The van der Waals surface area contributed by atoms with E-state index < -0.39 is 8.80 Å². The molecule has 6 heteroatoms. The van der Waals surface area contributed by atoms with Crippen LogP contribution in [0.2, 0.25) is 6.55 Å². The fourth-order valence-corrected chi connectivity index (χ4v) is 17.1. The zero-order valence-electron chi connectivity index (χ0n) is 40.0. The Hall–Kier alpha value is -4.27. The van der Waals surface area contributed by atoms with Crippen LogP contribution in [0.4, 0.5) is 28.4 Å². The summed E-state index contributed by atoms with van der Waals surface area (Å²) < 4.78 is 7.71. The molecule has 3 aliphatic heterocycles. The van der Waals surface area contributed by atoms with E-state index in [1.807, 2.05) is 0 Å². The maximum atomic E-state index is 7.68. The molecule has 6 aromatic rings. The van der Waals surface area contributed by atoms with E-state index in [2.05, 4.69) is 212 Å². The Morgan fingerprint density at radius 3 is 2.14 bits per heavy atom. The highest BCUT2D eigenvalue weighted by Crippen LogP contribution is 2.55. The van der Waals surface area contributed by atoms with Gasteiger partial charge in [0.2, 0.25) is 0 Å². The van der Waals surface area contributed by atoms with Gasteiger partial charge in [-0.25, -0.2) is 0 Å². The van der Waals surface area contributed by atoms with Crippen LogP contribution in [0.25, 0.3) is 22.1 Å². The summed E-state index contributed by atoms with van der Waals surface area (Å²) >= 11 is 2.73. The van der Waals surface area contributed by atoms with Gasteiger partial charge in [0.05, 0.1) is 11.3 Å². The Kier molecular flexibility index (Phi) is 8.50. The molecule has 64 heavy (non-hydrogen) atoms. The van der Waals surface area contributed by atoms with Crippen LogP contribution in [0.5, 0.6) is 0 Å². The first-order valence-electron chi connectivity index (χ1n) is 24.0. The molecule has 3 unspecified atom stereocenters. The molecule has 0 spiro atoms. The predicted molar refractivity (Wildman–Crippen MR) is 286 cm³/mol. The summed E-state index contributed by atoms with van der Waals surface area (Å²) in [6, 6.07) is 31.6. The van der Waals surface area contributed by atoms with Gasteiger partial charge in [0.25, 0.3) is 6.71 Å². The Morgan fingerprint density at radius 2 is 1.42 bits per heavy atom. The second kappa shape index (κ2) is 13.2. The van der Waals surface area contributed by atoms with Gasteiger partial charge >= 0.3 is 0 Å². The summed E-state index contributed by atoms with van der Waals surface area (Å²) in [5, 5.41) is 4.33. The van der Waals surface area contributed by atoms with Crippen LogP contribution in [0, 0.1) is 18.3 Å². The number of allylic oxidation sites excluding steroid dienone is 3. The maximum Gasteiger partial charge on any atom is 0.297 e. The Morgan fingerprint density at radius 1 is 0.734 bits per heavy atom. The van der Waals surface area contributed by atoms with Crippen LogP contribution >= 0.6 is 22.6 Å².